The van der Waals surface area contributed by atoms with Crippen LogP contribution in [0.1, 0.15) is 27.8 Å². The molecule has 1 unspecified atom stereocenters. The van der Waals surface area contributed by atoms with E-state index in [9.17, 15) is 4.79 Å². The lowest BCUT2D eigenvalue weighted by atomic mass is 10.2. The van der Waals surface area contributed by atoms with Gasteiger partial charge < -0.3 is 19.5 Å². The number of carbonyl (C=O) groups is 1. The number of methoxy groups -OCH3 is 1. The number of hydrogen-bond donors (Lipinski definition) is 1. The number of para-hydroxylation sites is 1. The summed E-state index contributed by atoms with van der Waals surface area (Å²) in [6.45, 7) is 0.675. The van der Waals surface area contributed by atoms with E-state index in [1.165, 1.54) is 5.39 Å². The molecular formula is C25H22ClN3O2. The number of rotatable bonds is 5. The molecule has 1 atom stereocenters. The number of carbonyl (C=O) groups excluding carboxylic acids is 1. The zero-order valence-electron chi connectivity index (χ0n) is 17.3. The molecule has 5 nitrogen and oxygen atoms in total. The second-order valence-corrected chi connectivity index (χ2v) is 8.14. The average molecular weight is 432 g/mol. The maximum Gasteiger partial charge on any atom is 0.150 e. The van der Waals surface area contributed by atoms with Crippen LogP contribution < -0.4 is 15.0 Å². The predicted octanol–water partition coefficient (Wildman–Crippen LogP) is 5.72. The number of aldehydes is 1. The van der Waals surface area contributed by atoms with Gasteiger partial charge in [-0.05, 0) is 48.0 Å². The normalized spacial score (nSPS) is 15.1. The van der Waals surface area contributed by atoms with Crippen molar-refractivity contribution in [2.45, 2.75) is 12.7 Å². The minimum absolute atomic E-state index is 0.0574. The molecule has 3 aromatic carbocycles. The zero-order valence-corrected chi connectivity index (χ0v) is 18.1. The van der Waals surface area contributed by atoms with Gasteiger partial charge in [-0.1, -0.05) is 35.9 Å². The molecule has 0 saturated carbocycles. The summed E-state index contributed by atoms with van der Waals surface area (Å²) in [5.74, 6) is 0.668. The average Bonchev–Trinajstić information content (AvgIpc) is 3.31. The molecule has 0 bridgehead atoms. The van der Waals surface area contributed by atoms with Crippen molar-refractivity contribution in [2.24, 2.45) is 0 Å². The first-order valence-corrected chi connectivity index (χ1v) is 10.5. The Morgan fingerprint density at radius 2 is 1.94 bits per heavy atom. The van der Waals surface area contributed by atoms with Gasteiger partial charge in [-0.25, -0.2) is 0 Å². The highest BCUT2D eigenvalue weighted by Gasteiger charge is 2.30. The molecule has 0 aliphatic carbocycles. The lowest BCUT2D eigenvalue weighted by Crippen LogP contribution is -2.26. The highest BCUT2D eigenvalue weighted by molar-refractivity contribution is 6.32. The summed E-state index contributed by atoms with van der Waals surface area (Å²) in [4.78, 5) is 13.4. The van der Waals surface area contributed by atoms with Crippen molar-refractivity contribution in [2.75, 3.05) is 24.4 Å². The summed E-state index contributed by atoms with van der Waals surface area (Å²) in [5.41, 5.74) is 6.08. The number of fused-ring (bicyclic) bond motifs is 2. The van der Waals surface area contributed by atoms with Crippen LogP contribution in [0.4, 0.5) is 11.4 Å². The van der Waals surface area contributed by atoms with E-state index >= 15 is 0 Å². The third-order valence-corrected chi connectivity index (χ3v) is 6.19. The molecule has 0 amide bonds. The van der Waals surface area contributed by atoms with Crippen LogP contribution in [0, 0.1) is 0 Å². The van der Waals surface area contributed by atoms with Crippen molar-refractivity contribution in [3.05, 3.63) is 88.6 Å². The van der Waals surface area contributed by atoms with E-state index in [0.717, 1.165) is 34.4 Å². The first-order chi connectivity index (χ1) is 15.1. The highest BCUT2D eigenvalue weighted by Crippen LogP contribution is 2.42. The largest absolute Gasteiger partial charge is 0.495 e. The number of ether oxygens (including phenoxy) is 1. The van der Waals surface area contributed by atoms with Gasteiger partial charge in [0.05, 0.1) is 29.2 Å². The van der Waals surface area contributed by atoms with Gasteiger partial charge >= 0.3 is 0 Å². The molecule has 156 valence electrons. The summed E-state index contributed by atoms with van der Waals surface area (Å²) >= 11 is 6.38. The lowest BCUT2D eigenvalue weighted by Gasteiger charge is -2.24. The highest BCUT2D eigenvalue weighted by atomic mass is 35.5. The molecule has 6 heteroatoms. The van der Waals surface area contributed by atoms with E-state index in [2.05, 4.69) is 52.2 Å². The van der Waals surface area contributed by atoms with E-state index < -0.39 is 0 Å². The monoisotopic (exact) mass is 431 g/mol. The molecule has 1 aromatic heterocycles. The summed E-state index contributed by atoms with van der Waals surface area (Å²) in [5, 5.41) is 5.37. The Labute approximate surface area is 185 Å². The topological polar surface area (TPSA) is 46.5 Å². The molecule has 1 aliphatic rings. The van der Waals surface area contributed by atoms with Crippen LogP contribution in [0.3, 0.4) is 0 Å². The number of benzene rings is 3. The van der Waals surface area contributed by atoms with Crippen molar-refractivity contribution >= 4 is 40.2 Å². The van der Waals surface area contributed by atoms with Crippen molar-refractivity contribution < 1.29 is 9.53 Å². The second kappa shape index (κ2) is 7.67. The molecule has 0 spiro atoms. The third-order valence-electron chi connectivity index (χ3n) is 5.90. The van der Waals surface area contributed by atoms with Gasteiger partial charge in [-0.3, -0.25) is 4.79 Å². The molecule has 1 N–H and O–H groups in total. The molecule has 0 saturated heterocycles. The van der Waals surface area contributed by atoms with E-state index in [4.69, 9.17) is 16.3 Å². The van der Waals surface area contributed by atoms with E-state index in [-0.39, 0.29) is 6.17 Å². The predicted molar refractivity (Wildman–Crippen MR) is 126 cm³/mol. The van der Waals surface area contributed by atoms with Crippen LogP contribution in [-0.2, 0) is 6.54 Å². The first-order valence-electron chi connectivity index (χ1n) is 10.1. The summed E-state index contributed by atoms with van der Waals surface area (Å²) in [7, 11) is 3.68. The van der Waals surface area contributed by atoms with Crippen LogP contribution in [0.2, 0.25) is 5.02 Å². The molecule has 1 aliphatic heterocycles. The Kier molecular flexibility index (Phi) is 4.83. The zero-order chi connectivity index (χ0) is 21.5. The molecule has 5 rings (SSSR count). The number of nitrogens with one attached hydrogen (secondary N) is 1. The van der Waals surface area contributed by atoms with Gasteiger partial charge in [0, 0.05) is 30.1 Å². The van der Waals surface area contributed by atoms with Crippen LogP contribution in [0.15, 0.2) is 66.7 Å². The van der Waals surface area contributed by atoms with E-state index in [1.807, 2.05) is 36.4 Å². The molecule has 4 aromatic rings. The van der Waals surface area contributed by atoms with Gasteiger partial charge in [0.2, 0.25) is 0 Å². The maximum absolute atomic E-state index is 11.2. The number of nitrogens with zero attached hydrogens (tertiary/aromatic N) is 2. The summed E-state index contributed by atoms with van der Waals surface area (Å²) in [6.07, 6.45) is 0.817. The van der Waals surface area contributed by atoms with Crippen LogP contribution in [-0.4, -0.2) is 25.0 Å². The molecule has 2 heterocycles. The van der Waals surface area contributed by atoms with Gasteiger partial charge in [-0.15, -0.1) is 0 Å². The minimum Gasteiger partial charge on any atom is -0.495 e. The van der Waals surface area contributed by atoms with Crippen LogP contribution in [0.5, 0.6) is 5.75 Å². The quantitative estimate of drug-likeness (QED) is 0.410. The lowest BCUT2D eigenvalue weighted by molar-refractivity contribution is 0.112. The SMILES string of the molecule is COc1ccc(Cn2c(C3Nc4cc(C=O)ccc4N3C)cc3ccccc32)cc1Cl. The number of halogens is 1. The first kappa shape index (κ1) is 19.5. The number of hydrogen-bond acceptors (Lipinski definition) is 4. The summed E-state index contributed by atoms with van der Waals surface area (Å²) < 4.78 is 7.61. The Bertz CT molecular complexity index is 1300. The summed E-state index contributed by atoms with van der Waals surface area (Å²) in [6, 6.07) is 22.2. The Morgan fingerprint density at radius 1 is 1.10 bits per heavy atom. The fraction of sp³-hybridized carbons (Fsp3) is 0.160. The van der Waals surface area contributed by atoms with E-state index in [0.29, 0.717) is 22.9 Å². The standard InChI is InChI=1S/C25H22ClN3O2/c1-28-22-9-7-17(15-30)12-20(22)27-25(28)23-13-18-5-3-4-6-21(18)29(23)14-16-8-10-24(31-2)19(26)11-16/h3-13,15,25,27H,14H2,1-2H3. The Morgan fingerprint density at radius 3 is 2.71 bits per heavy atom. The molecule has 0 fully saturated rings. The van der Waals surface area contributed by atoms with Crippen molar-refractivity contribution in [1.29, 1.82) is 0 Å². The van der Waals surface area contributed by atoms with Gasteiger partial charge in [0.1, 0.15) is 18.2 Å². The van der Waals surface area contributed by atoms with Gasteiger partial charge in [-0.2, -0.15) is 0 Å². The molecular weight excluding hydrogens is 410 g/mol. The van der Waals surface area contributed by atoms with Crippen molar-refractivity contribution in [3.8, 4) is 5.75 Å². The van der Waals surface area contributed by atoms with Crippen molar-refractivity contribution in [1.82, 2.24) is 4.57 Å². The maximum atomic E-state index is 11.2. The van der Waals surface area contributed by atoms with Crippen molar-refractivity contribution in [3.63, 3.8) is 0 Å². The smallest absolute Gasteiger partial charge is 0.150 e. The van der Waals surface area contributed by atoms with Crippen LogP contribution in [0.25, 0.3) is 10.9 Å². The van der Waals surface area contributed by atoms with Gasteiger partial charge in [0.25, 0.3) is 0 Å². The fourth-order valence-electron chi connectivity index (χ4n) is 4.33. The Balaban J connectivity index is 1.58. The molecule has 31 heavy (non-hydrogen) atoms. The third kappa shape index (κ3) is 3.31. The van der Waals surface area contributed by atoms with E-state index in [1.54, 1.807) is 7.11 Å². The number of anilines is 2. The van der Waals surface area contributed by atoms with Crippen LogP contribution >= 0.6 is 11.6 Å². The second-order valence-electron chi connectivity index (χ2n) is 7.74. The molecule has 0 radical (unpaired) electrons. The number of aromatic nitrogens is 1. The fourth-order valence-corrected chi connectivity index (χ4v) is 4.61. The van der Waals surface area contributed by atoms with Gasteiger partial charge in [0.15, 0.2) is 0 Å². The Hall–Kier alpha value is -3.44. The minimum atomic E-state index is -0.0574.